The van der Waals surface area contributed by atoms with Crippen molar-refractivity contribution >= 4 is 22.9 Å². The molecule has 0 N–H and O–H groups in total. The zero-order valence-electron chi connectivity index (χ0n) is 21.2. The molecule has 0 saturated carbocycles. The molecular formula is C31H30N4OS. The van der Waals surface area contributed by atoms with E-state index in [-0.39, 0.29) is 5.91 Å². The molecule has 0 unspecified atom stereocenters. The third kappa shape index (κ3) is 4.70. The molecule has 4 heterocycles. The van der Waals surface area contributed by atoms with E-state index in [9.17, 15) is 4.79 Å². The highest BCUT2D eigenvalue weighted by Crippen LogP contribution is 2.30. The smallest absolute Gasteiger partial charge is 0.264 e. The van der Waals surface area contributed by atoms with E-state index >= 15 is 0 Å². The number of aryl methyl sites for hydroxylation is 2. The van der Waals surface area contributed by atoms with Crippen LogP contribution in [0.5, 0.6) is 0 Å². The molecule has 3 aromatic heterocycles. The fourth-order valence-electron chi connectivity index (χ4n) is 5.15. The summed E-state index contributed by atoms with van der Waals surface area (Å²) in [5.41, 5.74) is 9.26. The Kier molecular flexibility index (Phi) is 6.37. The number of piperazine rings is 1. The van der Waals surface area contributed by atoms with Gasteiger partial charge >= 0.3 is 0 Å². The van der Waals surface area contributed by atoms with Crippen LogP contribution in [-0.2, 0) is 6.54 Å². The molecule has 2 aromatic carbocycles. The molecule has 0 atom stereocenters. The molecule has 37 heavy (non-hydrogen) atoms. The van der Waals surface area contributed by atoms with Crippen molar-refractivity contribution in [2.45, 2.75) is 20.4 Å². The topological polar surface area (TPSA) is 40.9 Å². The van der Waals surface area contributed by atoms with Gasteiger partial charge in [0.05, 0.1) is 16.3 Å². The average molecular weight is 507 g/mol. The zero-order chi connectivity index (χ0) is 25.4. The number of thiophene rings is 1. The third-order valence-electron chi connectivity index (χ3n) is 7.23. The van der Waals surface area contributed by atoms with Crippen LogP contribution in [0.4, 0.5) is 0 Å². The van der Waals surface area contributed by atoms with E-state index in [1.807, 2.05) is 28.5 Å². The maximum absolute atomic E-state index is 12.8. The third-order valence-corrected chi connectivity index (χ3v) is 8.09. The number of nitrogens with zero attached hydrogens (tertiary/aromatic N) is 4. The summed E-state index contributed by atoms with van der Waals surface area (Å²) in [7, 11) is 0. The second-order valence-corrected chi connectivity index (χ2v) is 10.7. The van der Waals surface area contributed by atoms with Crippen molar-refractivity contribution in [3.05, 3.63) is 106 Å². The van der Waals surface area contributed by atoms with Gasteiger partial charge in [0.1, 0.15) is 5.65 Å². The predicted octanol–water partition coefficient (Wildman–Crippen LogP) is 6.30. The number of amides is 1. The van der Waals surface area contributed by atoms with Crippen molar-refractivity contribution in [2.75, 3.05) is 26.2 Å². The normalized spacial score (nSPS) is 14.4. The SMILES string of the molecule is Cc1ccc(C)c(-c2ccc3nc(-c4ccccc4)c(CN4CCN(C(=O)c5cccs5)CC4)n3c2)c1. The lowest BCUT2D eigenvalue weighted by molar-refractivity contribution is 0.0631. The van der Waals surface area contributed by atoms with E-state index in [2.05, 4.69) is 83.9 Å². The van der Waals surface area contributed by atoms with Crippen LogP contribution in [-0.4, -0.2) is 51.3 Å². The predicted molar refractivity (Wildman–Crippen MR) is 151 cm³/mol. The van der Waals surface area contributed by atoms with Gasteiger partial charge in [0, 0.05) is 44.5 Å². The highest BCUT2D eigenvalue weighted by Gasteiger charge is 2.25. The first kappa shape index (κ1) is 23.6. The van der Waals surface area contributed by atoms with Gasteiger partial charge in [-0.05, 0) is 54.1 Å². The van der Waals surface area contributed by atoms with Gasteiger partial charge < -0.3 is 9.30 Å². The number of carbonyl (C=O) groups is 1. The zero-order valence-corrected chi connectivity index (χ0v) is 22.0. The minimum absolute atomic E-state index is 0.146. The number of rotatable bonds is 5. The van der Waals surface area contributed by atoms with E-state index in [1.54, 1.807) is 0 Å². The van der Waals surface area contributed by atoms with Gasteiger partial charge in [0.15, 0.2) is 0 Å². The molecule has 6 rings (SSSR count). The summed E-state index contributed by atoms with van der Waals surface area (Å²) in [6.45, 7) is 8.25. The molecule has 1 aliphatic rings. The lowest BCUT2D eigenvalue weighted by Gasteiger charge is -2.34. The molecule has 1 fully saturated rings. The Morgan fingerprint density at radius 2 is 1.70 bits per heavy atom. The number of carbonyl (C=O) groups excluding carboxylic acids is 1. The Hall–Kier alpha value is -3.74. The largest absolute Gasteiger partial charge is 0.335 e. The molecule has 5 nitrogen and oxygen atoms in total. The van der Waals surface area contributed by atoms with Crippen molar-refractivity contribution in [3.8, 4) is 22.4 Å². The van der Waals surface area contributed by atoms with Gasteiger partial charge in [0.2, 0.25) is 0 Å². The lowest BCUT2D eigenvalue weighted by Crippen LogP contribution is -2.48. The van der Waals surface area contributed by atoms with E-state index in [0.717, 1.165) is 54.5 Å². The Morgan fingerprint density at radius 3 is 2.46 bits per heavy atom. The van der Waals surface area contributed by atoms with Crippen molar-refractivity contribution in [1.82, 2.24) is 19.2 Å². The second-order valence-electron chi connectivity index (χ2n) is 9.78. The van der Waals surface area contributed by atoms with Crippen LogP contribution in [0.3, 0.4) is 0 Å². The summed E-state index contributed by atoms with van der Waals surface area (Å²) in [5.74, 6) is 0.146. The number of imidazole rings is 1. The van der Waals surface area contributed by atoms with E-state index < -0.39 is 0 Å². The molecule has 1 amide bonds. The minimum atomic E-state index is 0.146. The van der Waals surface area contributed by atoms with E-state index in [4.69, 9.17) is 4.98 Å². The number of hydrogen-bond donors (Lipinski definition) is 0. The number of aromatic nitrogens is 2. The molecule has 186 valence electrons. The summed E-state index contributed by atoms with van der Waals surface area (Å²) in [5, 5.41) is 1.96. The number of pyridine rings is 1. The van der Waals surface area contributed by atoms with E-state index in [1.165, 1.54) is 39.3 Å². The molecule has 0 radical (unpaired) electrons. The quantitative estimate of drug-likeness (QED) is 0.281. The van der Waals surface area contributed by atoms with Crippen LogP contribution in [0, 0.1) is 13.8 Å². The van der Waals surface area contributed by atoms with Crippen molar-refractivity contribution in [2.24, 2.45) is 0 Å². The first-order valence-corrected chi connectivity index (χ1v) is 13.6. The molecule has 0 spiro atoms. The fraction of sp³-hybridized carbons (Fsp3) is 0.226. The molecule has 0 bridgehead atoms. The Balaban J connectivity index is 1.33. The van der Waals surface area contributed by atoms with Crippen LogP contribution in [0.15, 0.2) is 84.4 Å². The maximum Gasteiger partial charge on any atom is 0.264 e. The average Bonchev–Trinajstić information content (AvgIpc) is 3.59. The van der Waals surface area contributed by atoms with Gasteiger partial charge in [0.25, 0.3) is 5.91 Å². The molecule has 6 heteroatoms. The van der Waals surface area contributed by atoms with Gasteiger partial charge in [-0.1, -0.05) is 60.2 Å². The Labute approximate surface area is 221 Å². The van der Waals surface area contributed by atoms with Crippen LogP contribution in [0.25, 0.3) is 28.0 Å². The van der Waals surface area contributed by atoms with Crippen molar-refractivity contribution in [1.29, 1.82) is 0 Å². The van der Waals surface area contributed by atoms with Crippen molar-refractivity contribution < 1.29 is 4.79 Å². The summed E-state index contributed by atoms with van der Waals surface area (Å²) >= 11 is 1.52. The molecular weight excluding hydrogens is 476 g/mol. The van der Waals surface area contributed by atoms with Gasteiger partial charge in [-0.15, -0.1) is 11.3 Å². The summed E-state index contributed by atoms with van der Waals surface area (Å²) in [6.07, 6.45) is 2.24. The van der Waals surface area contributed by atoms with E-state index in [0.29, 0.717) is 0 Å². The van der Waals surface area contributed by atoms with Crippen LogP contribution in [0.1, 0.15) is 26.5 Å². The summed E-state index contributed by atoms with van der Waals surface area (Å²) < 4.78 is 2.27. The van der Waals surface area contributed by atoms with Gasteiger partial charge in [-0.25, -0.2) is 4.98 Å². The lowest BCUT2D eigenvalue weighted by atomic mass is 10.00. The fourth-order valence-corrected chi connectivity index (χ4v) is 5.85. The molecule has 1 saturated heterocycles. The van der Waals surface area contributed by atoms with Gasteiger partial charge in [-0.3, -0.25) is 9.69 Å². The number of hydrogen-bond acceptors (Lipinski definition) is 4. The highest BCUT2D eigenvalue weighted by molar-refractivity contribution is 7.12. The molecule has 0 aliphatic carbocycles. The maximum atomic E-state index is 12.8. The van der Waals surface area contributed by atoms with Crippen LogP contribution >= 0.6 is 11.3 Å². The summed E-state index contributed by atoms with van der Waals surface area (Å²) in [4.78, 5) is 23.1. The highest BCUT2D eigenvalue weighted by atomic mass is 32.1. The second kappa shape index (κ2) is 9.96. The summed E-state index contributed by atoms with van der Waals surface area (Å²) in [6, 6.07) is 25.2. The first-order valence-electron chi connectivity index (χ1n) is 12.8. The van der Waals surface area contributed by atoms with Crippen molar-refractivity contribution in [3.63, 3.8) is 0 Å². The Bertz CT molecular complexity index is 1550. The standard InChI is InChI=1S/C31H30N4OS/c1-22-10-11-23(2)26(19-22)25-12-13-29-32-30(24-7-4-3-5-8-24)27(35(29)20-25)21-33-14-16-34(17-15-33)31(36)28-9-6-18-37-28/h3-13,18-20H,14-17,21H2,1-2H3. The molecule has 1 aliphatic heterocycles. The minimum Gasteiger partial charge on any atom is -0.335 e. The molecule has 5 aromatic rings. The van der Waals surface area contributed by atoms with Crippen LogP contribution in [0.2, 0.25) is 0 Å². The monoisotopic (exact) mass is 506 g/mol. The number of benzene rings is 2. The van der Waals surface area contributed by atoms with Crippen LogP contribution < -0.4 is 0 Å². The van der Waals surface area contributed by atoms with Gasteiger partial charge in [-0.2, -0.15) is 0 Å². The number of fused-ring (bicyclic) bond motifs is 1. The first-order chi connectivity index (χ1) is 18.1. The Morgan fingerprint density at radius 1 is 0.892 bits per heavy atom.